The van der Waals surface area contributed by atoms with Gasteiger partial charge in [0.2, 0.25) is 0 Å². The van der Waals surface area contributed by atoms with Crippen LogP contribution in [0.2, 0.25) is 0 Å². The van der Waals surface area contributed by atoms with Gasteiger partial charge in [0.15, 0.2) is 0 Å². The molecule has 1 aromatic carbocycles. The zero-order valence-corrected chi connectivity index (χ0v) is 16.0. The lowest BCUT2D eigenvalue weighted by Crippen LogP contribution is -2.33. The van der Waals surface area contributed by atoms with Crippen LogP contribution < -0.4 is 15.4 Å². The molecule has 0 unspecified atom stereocenters. The summed E-state index contributed by atoms with van der Waals surface area (Å²) < 4.78 is 5.86. The minimum atomic E-state index is 0.534. The van der Waals surface area contributed by atoms with Crippen LogP contribution in [0.3, 0.4) is 0 Å². The van der Waals surface area contributed by atoms with Crippen molar-refractivity contribution in [1.29, 1.82) is 0 Å². The molecule has 2 aromatic rings. The van der Waals surface area contributed by atoms with E-state index in [1.54, 1.807) is 0 Å². The van der Waals surface area contributed by atoms with Crippen molar-refractivity contribution in [2.45, 2.75) is 20.4 Å². The summed E-state index contributed by atoms with van der Waals surface area (Å²) in [5, 5.41) is 7.50. The van der Waals surface area contributed by atoms with E-state index >= 15 is 0 Å². The van der Waals surface area contributed by atoms with Gasteiger partial charge in [-0.25, -0.2) is 0 Å². The summed E-state index contributed by atoms with van der Waals surface area (Å²) in [6.45, 7) is 12.4. The normalized spacial score (nSPS) is 14.1. The van der Waals surface area contributed by atoms with Gasteiger partial charge in [0.05, 0.1) is 11.4 Å². The van der Waals surface area contributed by atoms with E-state index in [0.717, 1.165) is 53.6 Å². The minimum Gasteiger partial charge on any atom is -0.485 e. The topological polar surface area (TPSA) is 70.4 Å². The van der Waals surface area contributed by atoms with Crippen molar-refractivity contribution in [2.75, 3.05) is 38.2 Å². The van der Waals surface area contributed by atoms with Crippen LogP contribution >= 0.6 is 0 Å². The second-order valence-electron chi connectivity index (χ2n) is 7.33. The fourth-order valence-electron chi connectivity index (χ4n) is 3.28. The molecule has 0 bridgehead atoms. The Morgan fingerprint density at radius 2 is 2.23 bits per heavy atom. The van der Waals surface area contributed by atoms with Gasteiger partial charge in [-0.05, 0) is 31.2 Å². The molecular formula is C20H29N5O. The summed E-state index contributed by atoms with van der Waals surface area (Å²) in [4.78, 5) is 4.46. The Morgan fingerprint density at radius 1 is 1.42 bits per heavy atom. The van der Waals surface area contributed by atoms with Gasteiger partial charge in [0, 0.05) is 49.2 Å². The van der Waals surface area contributed by atoms with E-state index in [-0.39, 0.29) is 0 Å². The molecule has 0 spiro atoms. The van der Waals surface area contributed by atoms with Gasteiger partial charge in [-0.15, -0.1) is 0 Å². The molecule has 0 aliphatic carbocycles. The van der Waals surface area contributed by atoms with Crippen LogP contribution in [-0.2, 0) is 6.54 Å². The van der Waals surface area contributed by atoms with Crippen LogP contribution in [0.25, 0.3) is 11.3 Å². The van der Waals surface area contributed by atoms with Gasteiger partial charge in [-0.2, -0.15) is 5.10 Å². The summed E-state index contributed by atoms with van der Waals surface area (Å²) in [6, 6.07) is 6.26. The largest absolute Gasteiger partial charge is 0.485 e. The van der Waals surface area contributed by atoms with Gasteiger partial charge in [-0.1, -0.05) is 20.4 Å². The standard InChI is InChI=1S/C20H29N5O/c1-14(2)11-25-15(3)13-26-19-6-5-16(9-18(19)25)20-17(10-22-23-20)12-24(4)8-7-21/h5-6,9-10,14H,3,7-8,11-13,21H2,1-2,4H3,(H,22,23). The average molecular weight is 355 g/mol. The van der Waals surface area contributed by atoms with E-state index < -0.39 is 0 Å². The molecule has 0 atom stereocenters. The fourth-order valence-corrected chi connectivity index (χ4v) is 3.28. The number of hydrogen-bond acceptors (Lipinski definition) is 5. The van der Waals surface area contributed by atoms with Gasteiger partial charge >= 0.3 is 0 Å². The molecule has 26 heavy (non-hydrogen) atoms. The molecule has 6 nitrogen and oxygen atoms in total. The number of anilines is 1. The lowest BCUT2D eigenvalue weighted by Gasteiger charge is -2.34. The number of nitrogens with zero attached hydrogens (tertiary/aromatic N) is 3. The van der Waals surface area contributed by atoms with Crippen LogP contribution in [0, 0.1) is 5.92 Å². The van der Waals surface area contributed by atoms with Gasteiger partial charge < -0.3 is 20.3 Å². The Bertz CT molecular complexity index is 767. The van der Waals surface area contributed by atoms with Crippen LogP contribution in [0.1, 0.15) is 19.4 Å². The fraction of sp³-hybridized carbons (Fsp3) is 0.450. The summed E-state index contributed by atoms with van der Waals surface area (Å²) in [7, 11) is 2.07. The molecule has 0 amide bonds. The van der Waals surface area contributed by atoms with E-state index in [2.05, 4.69) is 59.6 Å². The molecule has 0 saturated carbocycles. The molecule has 3 N–H and O–H groups in total. The molecule has 1 aliphatic heterocycles. The smallest absolute Gasteiger partial charge is 0.143 e. The highest BCUT2D eigenvalue weighted by Crippen LogP contribution is 2.38. The van der Waals surface area contributed by atoms with Gasteiger partial charge in [0.1, 0.15) is 12.4 Å². The maximum absolute atomic E-state index is 5.86. The quantitative estimate of drug-likeness (QED) is 0.799. The summed E-state index contributed by atoms with van der Waals surface area (Å²) in [5.74, 6) is 1.44. The first-order chi connectivity index (χ1) is 12.5. The molecule has 1 aliphatic rings. The van der Waals surface area contributed by atoms with Crippen LogP contribution in [0.15, 0.2) is 36.7 Å². The van der Waals surface area contributed by atoms with E-state index in [0.29, 0.717) is 19.1 Å². The first-order valence-corrected chi connectivity index (χ1v) is 9.13. The molecule has 0 radical (unpaired) electrons. The van der Waals surface area contributed by atoms with Crippen molar-refractivity contribution in [1.82, 2.24) is 15.1 Å². The van der Waals surface area contributed by atoms with E-state index in [4.69, 9.17) is 10.5 Å². The second kappa shape index (κ2) is 7.93. The Hall–Kier alpha value is -2.31. The van der Waals surface area contributed by atoms with Crippen molar-refractivity contribution < 1.29 is 4.74 Å². The predicted octanol–water partition coefficient (Wildman–Crippen LogP) is 2.84. The number of aromatic amines is 1. The number of rotatable bonds is 7. The number of aromatic nitrogens is 2. The van der Waals surface area contributed by atoms with E-state index in [1.807, 2.05) is 12.3 Å². The van der Waals surface area contributed by atoms with Crippen molar-refractivity contribution in [3.63, 3.8) is 0 Å². The lowest BCUT2D eigenvalue weighted by atomic mass is 10.0. The molecule has 0 fully saturated rings. The van der Waals surface area contributed by atoms with Crippen molar-refractivity contribution in [3.8, 4) is 17.0 Å². The summed E-state index contributed by atoms with van der Waals surface area (Å²) >= 11 is 0. The van der Waals surface area contributed by atoms with E-state index in [1.165, 1.54) is 0 Å². The Kier molecular flexibility index (Phi) is 5.64. The summed E-state index contributed by atoms with van der Waals surface area (Å²) in [5.41, 5.74) is 10.9. The Labute approximate surface area is 155 Å². The van der Waals surface area contributed by atoms with E-state index in [9.17, 15) is 0 Å². The highest BCUT2D eigenvalue weighted by Gasteiger charge is 2.23. The third-order valence-corrected chi connectivity index (χ3v) is 4.52. The summed E-state index contributed by atoms with van der Waals surface area (Å²) in [6.07, 6.45) is 1.96. The molecule has 140 valence electrons. The number of nitrogens with two attached hydrogens (primary N) is 1. The highest BCUT2D eigenvalue weighted by atomic mass is 16.5. The van der Waals surface area contributed by atoms with Gasteiger partial charge in [-0.3, -0.25) is 5.10 Å². The van der Waals surface area contributed by atoms with Crippen LogP contribution in [-0.4, -0.2) is 48.4 Å². The number of hydrogen-bond donors (Lipinski definition) is 2. The third kappa shape index (κ3) is 3.92. The highest BCUT2D eigenvalue weighted by molar-refractivity contribution is 5.74. The third-order valence-electron chi connectivity index (χ3n) is 4.52. The molecule has 0 saturated heterocycles. The zero-order chi connectivity index (χ0) is 18.7. The SMILES string of the molecule is C=C1COc2ccc(-c3n[nH]cc3CN(C)CCN)cc2N1CC(C)C. The van der Waals surface area contributed by atoms with Crippen LogP contribution in [0.4, 0.5) is 5.69 Å². The lowest BCUT2D eigenvalue weighted by molar-refractivity contribution is 0.333. The van der Waals surface area contributed by atoms with Crippen LogP contribution in [0.5, 0.6) is 5.75 Å². The van der Waals surface area contributed by atoms with Crippen molar-refractivity contribution in [2.24, 2.45) is 11.7 Å². The number of ether oxygens (including phenoxy) is 1. The Balaban J connectivity index is 1.93. The monoisotopic (exact) mass is 355 g/mol. The molecule has 3 rings (SSSR count). The Morgan fingerprint density at radius 3 is 2.96 bits per heavy atom. The molecule has 6 heteroatoms. The number of nitrogens with one attached hydrogen (secondary N) is 1. The first kappa shape index (κ1) is 18.5. The predicted molar refractivity (Wildman–Crippen MR) is 106 cm³/mol. The molecule has 1 aromatic heterocycles. The first-order valence-electron chi connectivity index (χ1n) is 9.13. The van der Waals surface area contributed by atoms with Crippen molar-refractivity contribution in [3.05, 3.63) is 42.2 Å². The second-order valence-corrected chi connectivity index (χ2v) is 7.33. The minimum absolute atomic E-state index is 0.534. The maximum Gasteiger partial charge on any atom is 0.143 e. The average Bonchev–Trinajstić information content (AvgIpc) is 3.05. The van der Waals surface area contributed by atoms with Gasteiger partial charge in [0.25, 0.3) is 0 Å². The number of benzene rings is 1. The maximum atomic E-state index is 5.86. The zero-order valence-electron chi connectivity index (χ0n) is 16.0. The number of H-pyrrole nitrogens is 1. The number of likely N-dealkylation sites (N-methyl/N-ethyl adjacent to an activating group) is 1. The molecular weight excluding hydrogens is 326 g/mol. The molecule has 2 heterocycles. The number of fused-ring (bicyclic) bond motifs is 1. The van der Waals surface area contributed by atoms with Crippen molar-refractivity contribution >= 4 is 5.69 Å².